The Kier molecular flexibility index (Phi) is 6.02. The minimum absolute atomic E-state index is 0.0780. The molecule has 2 amide bonds. The summed E-state index contributed by atoms with van der Waals surface area (Å²) in [6.07, 6.45) is 5.64. The van der Waals surface area contributed by atoms with E-state index >= 15 is 0 Å². The molecule has 7 nitrogen and oxygen atoms in total. The van der Waals surface area contributed by atoms with Crippen LogP contribution in [0.2, 0.25) is 0 Å². The third-order valence-electron chi connectivity index (χ3n) is 6.45. The highest BCUT2D eigenvalue weighted by Crippen LogP contribution is 2.43. The van der Waals surface area contributed by atoms with E-state index in [0.717, 1.165) is 48.4 Å². The van der Waals surface area contributed by atoms with Gasteiger partial charge in [-0.2, -0.15) is 0 Å². The summed E-state index contributed by atoms with van der Waals surface area (Å²) in [6, 6.07) is 9.00. The van der Waals surface area contributed by atoms with E-state index in [9.17, 15) is 9.59 Å². The van der Waals surface area contributed by atoms with Gasteiger partial charge in [0.05, 0.1) is 0 Å². The number of likely N-dealkylation sites (tertiary alicyclic amines) is 1. The molecule has 4 rings (SSSR count). The fraction of sp³-hybridized carbons (Fsp3) is 0.400. The predicted molar refractivity (Wildman–Crippen MR) is 124 cm³/mol. The lowest BCUT2D eigenvalue weighted by molar-refractivity contribution is 0.0468. The first kappa shape index (κ1) is 22.0. The van der Waals surface area contributed by atoms with Crippen molar-refractivity contribution in [3.63, 3.8) is 0 Å². The van der Waals surface area contributed by atoms with Crippen LogP contribution in [0.3, 0.4) is 0 Å². The van der Waals surface area contributed by atoms with Gasteiger partial charge in [-0.25, -0.2) is 0 Å². The van der Waals surface area contributed by atoms with E-state index < -0.39 is 11.5 Å². The zero-order valence-corrected chi connectivity index (χ0v) is 18.9. The molecule has 0 aliphatic carbocycles. The second-order valence-corrected chi connectivity index (χ2v) is 8.51. The Labute approximate surface area is 188 Å². The minimum Gasteiger partial charge on any atom is -0.482 e. The SMILES string of the molecule is CCN(CC)C(=O)c1ccc(C2=CC3(CCN(C)CC3)Oc3ccc(C(N)=O)cc32)cn1. The Bertz CT molecular complexity index is 1050. The largest absolute Gasteiger partial charge is 0.482 e. The molecule has 2 aliphatic heterocycles. The predicted octanol–water partition coefficient (Wildman–Crippen LogP) is 2.95. The normalized spacial score (nSPS) is 17.3. The van der Waals surface area contributed by atoms with Gasteiger partial charge in [-0.15, -0.1) is 0 Å². The number of ether oxygens (including phenoxy) is 1. The number of nitrogens with zero attached hydrogens (tertiary/aromatic N) is 3. The number of piperidine rings is 1. The van der Waals surface area contributed by atoms with Gasteiger partial charge in [0.15, 0.2) is 0 Å². The van der Waals surface area contributed by atoms with Crippen molar-refractivity contribution in [3.8, 4) is 5.75 Å². The van der Waals surface area contributed by atoms with E-state index in [2.05, 4.69) is 23.0 Å². The second-order valence-electron chi connectivity index (χ2n) is 8.51. The molecule has 0 saturated carbocycles. The molecule has 0 unspecified atom stereocenters. The third-order valence-corrected chi connectivity index (χ3v) is 6.45. The average Bonchev–Trinajstić information content (AvgIpc) is 2.81. The number of amides is 2. The van der Waals surface area contributed by atoms with Gasteiger partial charge in [-0.05, 0) is 56.8 Å². The van der Waals surface area contributed by atoms with Crippen LogP contribution in [0.4, 0.5) is 0 Å². The highest BCUT2D eigenvalue weighted by atomic mass is 16.5. The van der Waals surface area contributed by atoms with Crippen LogP contribution in [0, 0.1) is 0 Å². The van der Waals surface area contributed by atoms with E-state index in [1.54, 1.807) is 29.3 Å². The van der Waals surface area contributed by atoms with E-state index in [0.29, 0.717) is 24.3 Å². The summed E-state index contributed by atoms with van der Waals surface area (Å²) >= 11 is 0. The van der Waals surface area contributed by atoms with Gasteiger partial charge in [-0.3, -0.25) is 14.6 Å². The molecule has 0 atom stereocenters. The molecule has 7 heteroatoms. The maximum absolute atomic E-state index is 12.7. The second kappa shape index (κ2) is 8.74. The molecule has 168 valence electrons. The van der Waals surface area contributed by atoms with Crippen molar-refractivity contribution in [1.29, 1.82) is 0 Å². The van der Waals surface area contributed by atoms with E-state index in [-0.39, 0.29) is 5.91 Å². The maximum atomic E-state index is 12.7. The summed E-state index contributed by atoms with van der Waals surface area (Å²) in [6.45, 7) is 7.07. The minimum atomic E-state index is -0.481. The zero-order chi connectivity index (χ0) is 22.9. The summed E-state index contributed by atoms with van der Waals surface area (Å²) in [5.41, 5.74) is 8.63. The topological polar surface area (TPSA) is 88.8 Å². The number of rotatable bonds is 5. The lowest BCUT2D eigenvalue weighted by Gasteiger charge is -2.42. The molecule has 2 N–H and O–H groups in total. The van der Waals surface area contributed by atoms with Crippen molar-refractivity contribution in [1.82, 2.24) is 14.8 Å². The summed E-state index contributed by atoms with van der Waals surface area (Å²) < 4.78 is 6.48. The standard InChI is InChI=1S/C25H30N4O3/c1-4-29(5-2)24(31)21-8-6-18(16-27-21)20-15-25(10-12-28(3)13-11-25)32-22-9-7-17(23(26)30)14-19(20)22/h6-9,14-16H,4-5,10-13H2,1-3H3,(H2,26,30). The van der Waals surface area contributed by atoms with Gasteiger partial charge in [0.1, 0.15) is 17.0 Å². The number of nitrogens with two attached hydrogens (primary N) is 1. The Balaban J connectivity index is 1.76. The molecule has 3 heterocycles. The molecule has 1 fully saturated rings. The first-order chi connectivity index (χ1) is 15.4. The molecule has 1 aromatic carbocycles. The van der Waals surface area contributed by atoms with Crippen LogP contribution < -0.4 is 10.5 Å². The van der Waals surface area contributed by atoms with Crippen LogP contribution in [0.15, 0.2) is 42.6 Å². The lowest BCUT2D eigenvalue weighted by Crippen LogP contribution is -2.46. The Hall–Kier alpha value is -3.19. The summed E-state index contributed by atoms with van der Waals surface area (Å²) in [4.78, 5) is 33.0. The van der Waals surface area contributed by atoms with Crippen molar-refractivity contribution in [2.24, 2.45) is 5.73 Å². The molecule has 1 saturated heterocycles. The molecule has 0 radical (unpaired) electrons. The fourth-order valence-corrected chi connectivity index (χ4v) is 4.41. The van der Waals surface area contributed by atoms with Crippen molar-refractivity contribution < 1.29 is 14.3 Å². The monoisotopic (exact) mass is 434 g/mol. The number of primary amides is 1. The number of fused-ring (bicyclic) bond motifs is 1. The molecular weight excluding hydrogens is 404 g/mol. The number of hydrogen-bond donors (Lipinski definition) is 1. The van der Waals surface area contributed by atoms with Crippen LogP contribution in [0.25, 0.3) is 5.57 Å². The van der Waals surface area contributed by atoms with Crippen LogP contribution in [0.5, 0.6) is 5.75 Å². The van der Waals surface area contributed by atoms with Gasteiger partial charge in [0, 0.05) is 61.9 Å². The van der Waals surface area contributed by atoms with Crippen molar-refractivity contribution in [2.45, 2.75) is 32.3 Å². The molecule has 1 aromatic heterocycles. The molecule has 1 spiro atoms. The van der Waals surface area contributed by atoms with Gasteiger partial charge < -0.3 is 20.3 Å². The van der Waals surface area contributed by atoms with Crippen LogP contribution in [-0.2, 0) is 0 Å². The number of carbonyl (C=O) groups excluding carboxylic acids is 2. The summed E-state index contributed by atoms with van der Waals surface area (Å²) in [5.74, 6) is 0.177. The van der Waals surface area contributed by atoms with Crippen LogP contribution in [-0.4, -0.2) is 65.4 Å². The summed E-state index contributed by atoms with van der Waals surface area (Å²) in [7, 11) is 2.11. The van der Waals surface area contributed by atoms with Crippen molar-refractivity contribution in [2.75, 3.05) is 33.2 Å². The molecule has 0 bridgehead atoms. The van der Waals surface area contributed by atoms with Crippen LogP contribution in [0.1, 0.15) is 58.7 Å². The fourth-order valence-electron chi connectivity index (χ4n) is 4.41. The highest BCUT2D eigenvalue weighted by Gasteiger charge is 2.38. The van der Waals surface area contributed by atoms with Gasteiger partial charge >= 0.3 is 0 Å². The Morgan fingerprint density at radius 3 is 2.47 bits per heavy atom. The zero-order valence-electron chi connectivity index (χ0n) is 18.9. The Morgan fingerprint density at radius 2 is 1.88 bits per heavy atom. The van der Waals surface area contributed by atoms with E-state index in [4.69, 9.17) is 10.5 Å². The first-order valence-corrected chi connectivity index (χ1v) is 11.2. The summed E-state index contributed by atoms with van der Waals surface area (Å²) in [5, 5.41) is 0. The van der Waals surface area contributed by atoms with Gasteiger partial charge in [0.25, 0.3) is 5.91 Å². The Morgan fingerprint density at radius 1 is 1.16 bits per heavy atom. The molecule has 2 aromatic rings. The smallest absolute Gasteiger partial charge is 0.272 e. The first-order valence-electron chi connectivity index (χ1n) is 11.2. The van der Waals surface area contributed by atoms with Crippen molar-refractivity contribution >= 4 is 17.4 Å². The number of aromatic nitrogens is 1. The van der Waals surface area contributed by atoms with Gasteiger partial charge in [0.2, 0.25) is 5.91 Å². The average molecular weight is 435 g/mol. The quantitative estimate of drug-likeness (QED) is 0.782. The molecule has 2 aliphatic rings. The number of hydrogen-bond acceptors (Lipinski definition) is 5. The maximum Gasteiger partial charge on any atom is 0.272 e. The van der Waals surface area contributed by atoms with Crippen LogP contribution >= 0.6 is 0 Å². The lowest BCUT2D eigenvalue weighted by atomic mass is 9.83. The number of pyridine rings is 1. The van der Waals surface area contributed by atoms with Gasteiger partial charge in [-0.1, -0.05) is 6.07 Å². The molecule has 32 heavy (non-hydrogen) atoms. The van der Waals surface area contributed by atoms with E-state index in [1.165, 1.54) is 0 Å². The number of carbonyl (C=O) groups is 2. The van der Waals surface area contributed by atoms with Crippen molar-refractivity contribution in [3.05, 3.63) is 65.0 Å². The molecular formula is C25H30N4O3. The van der Waals surface area contributed by atoms with E-state index in [1.807, 2.05) is 26.0 Å². The third kappa shape index (κ3) is 4.12. The number of benzene rings is 1. The highest BCUT2D eigenvalue weighted by molar-refractivity contribution is 5.96.